The van der Waals surface area contributed by atoms with Gasteiger partial charge in [0.15, 0.2) is 0 Å². The van der Waals surface area contributed by atoms with Crippen molar-refractivity contribution in [1.82, 2.24) is 0 Å². The van der Waals surface area contributed by atoms with Gasteiger partial charge in [0.05, 0.1) is 25.3 Å². The highest BCUT2D eigenvalue weighted by Crippen LogP contribution is 2.24. The molecule has 2 aromatic rings. The molecular weight excluding hydrogens is 304 g/mol. The van der Waals surface area contributed by atoms with Crippen LogP contribution < -0.4 is 9.47 Å². The fourth-order valence-corrected chi connectivity index (χ4v) is 2.20. The Balaban J connectivity index is 2.45. The molecule has 0 aliphatic carbocycles. The van der Waals surface area contributed by atoms with Gasteiger partial charge in [-0.2, -0.15) is 10.5 Å². The Labute approximate surface area is 140 Å². The third-order valence-corrected chi connectivity index (χ3v) is 3.37. The standard InChI is InChI=1S/C19H14N2O3/c1-23-17-8-7-13(9-14(17)11-20)10-15(12-21)19(22)16-5-3-4-6-18(16)24-2/h3-10H,1-2H3/b15-10-. The molecule has 0 heterocycles. The maximum atomic E-state index is 12.6. The van der Waals surface area contributed by atoms with E-state index in [2.05, 4.69) is 0 Å². The summed E-state index contributed by atoms with van der Waals surface area (Å²) >= 11 is 0. The summed E-state index contributed by atoms with van der Waals surface area (Å²) in [7, 11) is 2.93. The molecule has 24 heavy (non-hydrogen) atoms. The van der Waals surface area contributed by atoms with E-state index in [1.165, 1.54) is 20.3 Å². The fraction of sp³-hybridized carbons (Fsp3) is 0.105. The number of methoxy groups -OCH3 is 2. The molecule has 0 spiro atoms. The van der Waals surface area contributed by atoms with Crippen molar-refractivity contribution < 1.29 is 14.3 Å². The maximum absolute atomic E-state index is 12.6. The van der Waals surface area contributed by atoms with Gasteiger partial charge in [0.1, 0.15) is 29.2 Å². The van der Waals surface area contributed by atoms with Crippen molar-refractivity contribution in [2.24, 2.45) is 0 Å². The van der Waals surface area contributed by atoms with Crippen molar-refractivity contribution in [3.63, 3.8) is 0 Å². The zero-order valence-electron chi connectivity index (χ0n) is 13.2. The van der Waals surface area contributed by atoms with Crippen LogP contribution in [0.25, 0.3) is 6.08 Å². The van der Waals surface area contributed by atoms with Crippen molar-refractivity contribution in [1.29, 1.82) is 10.5 Å². The number of allylic oxidation sites excluding steroid dienone is 1. The van der Waals surface area contributed by atoms with Crippen molar-refractivity contribution in [3.05, 3.63) is 64.7 Å². The van der Waals surface area contributed by atoms with Crippen LogP contribution in [0, 0.1) is 22.7 Å². The zero-order valence-corrected chi connectivity index (χ0v) is 13.2. The lowest BCUT2D eigenvalue weighted by atomic mass is 10.0. The van der Waals surface area contributed by atoms with Gasteiger partial charge in [0.2, 0.25) is 5.78 Å². The van der Waals surface area contributed by atoms with Gasteiger partial charge in [-0.3, -0.25) is 4.79 Å². The summed E-state index contributed by atoms with van der Waals surface area (Å²) < 4.78 is 10.2. The van der Waals surface area contributed by atoms with Gasteiger partial charge in [-0.05, 0) is 35.9 Å². The summed E-state index contributed by atoms with van der Waals surface area (Å²) in [6, 6.07) is 15.5. The van der Waals surface area contributed by atoms with Crippen molar-refractivity contribution in [2.75, 3.05) is 14.2 Å². The Morgan fingerprint density at radius 1 is 1.04 bits per heavy atom. The summed E-state index contributed by atoms with van der Waals surface area (Å²) in [6.45, 7) is 0. The van der Waals surface area contributed by atoms with E-state index >= 15 is 0 Å². The van der Waals surface area contributed by atoms with Crippen LogP contribution in [-0.4, -0.2) is 20.0 Å². The third kappa shape index (κ3) is 3.43. The summed E-state index contributed by atoms with van der Waals surface area (Å²) in [4.78, 5) is 12.6. The van der Waals surface area contributed by atoms with Crippen LogP contribution in [-0.2, 0) is 0 Å². The van der Waals surface area contributed by atoms with Crippen molar-refractivity contribution in [3.8, 4) is 23.6 Å². The number of carbonyl (C=O) groups excluding carboxylic acids is 1. The van der Waals surface area contributed by atoms with E-state index in [0.717, 1.165) is 0 Å². The quantitative estimate of drug-likeness (QED) is 0.479. The highest BCUT2D eigenvalue weighted by molar-refractivity contribution is 6.15. The zero-order chi connectivity index (χ0) is 17.5. The largest absolute Gasteiger partial charge is 0.496 e. The Hall–Kier alpha value is -3.57. The molecule has 0 aromatic heterocycles. The molecule has 0 amide bonds. The van der Waals surface area contributed by atoms with Crippen molar-refractivity contribution in [2.45, 2.75) is 0 Å². The number of ketones is 1. The number of benzene rings is 2. The smallest absolute Gasteiger partial charge is 0.207 e. The fourth-order valence-electron chi connectivity index (χ4n) is 2.20. The Morgan fingerprint density at radius 2 is 1.75 bits per heavy atom. The van der Waals surface area contributed by atoms with Crippen LogP contribution in [0.4, 0.5) is 0 Å². The number of ether oxygens (including phenoxy) is 2. The van der Waals surface area contributed by atoms with Gasteiger partial charge in [0, 0.05) is 0 Å². The minimum atomic E-state index is -0.440. The Morgan fingerprint density at radius 3 is 2.38 bits per heavy atom. The van der Waals surface area contributed by atoms with Crippen LogP contribution in [0.3, 0.4) is 0 Å². The molecule has 0 unspecified atom stereocenters. The second-order valence-corrected chi connectivity index (χ2v) is 4.77. The molecule has 0 aliphatic rings. The number of para-hydroxylation sites is 1. The monoisotopic (exact) mass is 318 g/mol. The first-order valence-electron chi connectivity index (χ1n) is 7.02. The van der Waals surface area contributed by atoms with Gasteiger partial charge in [-0.25, -0.2) is 0 Å². The van der Waals surface area contributed by atoms with Gasteiger partial charge >= 0.3 is 0 Å². The first kappa shape index (κ1) is 16.8. The Bertz CT molecular complexity index is 886. The number of Topliss-reactive ketones (excluding diaryl/α,β-unsaturated/α-hetero) is 1. The molecule has 5 heteroatoms. The number of nitriles is 2. The third-order valence-electron chi connectivity index (χ3n) is 3.37. The lowest BCUT2D eigenvalue weighted by Crippen LogP contribution is -2.04. The summed E-state index contributed by atoms with van der Waals surface area (Å²) in [6.07, 6.45) is 1.44. The van der Waals surface area contributed by atoms with Crippen LogP contribution in [0.2, 0.25) is 0 Å². The Kier molecular flexibility index (Phi) is 5.33. The molecule has 0 saturated carbocycles. The molecule has 5 nitrogen and oxygen atoms in total. The molecule has 0 fully saturated rings. The van der Waals surface area contributed by atoms with E-state index in [4.69, 9.17) is 14.7 Å². The van der Waals surface area contributed by atoms with E-state index in [1.54, 1.807) is 42.5 Å². The van der Waals surface area contributed by atoms with Gasteiger partial charge in [0.25, 0.3) is 0 Å². The van der Waals surface area contributed by atoms with Crippen LogP contribution in [0.5, 0.6) is 11.5 Å². The highest BCUT2D eigenvalue weighted by Gasteiger charge is 2.16. The second kappa shape index (κ2) is 7.62. The number of rotatable bonds is 5. The molecule has 118 valence electrons. The van der Waals surface area contributed by atoms with Gasteiger partial charge in [-0.1, -0.05) is 18.2 Å². The number of nitrogens with zero attached hydrogens (tertiary/aromatic N) is 2. The summed E-state index contributed by atoms with van der Waals surface area (Å²) in [5.41, 5.74) is 1.15. The minimum absolute atomic E-state index is 0.0476. The SMILES string of the molecule is COc1ccc(/C=C(/C#N)C(=O)c2ccccc2OC)cc1C#N. The number of carbonyl (C=O) groups is 1. The summed E-state index contributed by atoms with van der Waals surface area (Å²) in [5.74, 6) is 0.393. The average molecular weight is 318 g/mol. The molecule has 2 aromatic carbocycles. The predicted octanol–water partition coefficient (Wildman–Crippen LogP) is 3.37. The van der Waals surface area contributed by atoms with E-state index in [0.29, 0.717) is 28.2 Å². The minimum Gasteiger partial charge on any atom is -0.496 e. The molecule has 0 atom stereocenters. The second-order valence-electron chi connectivity index (χ2n) is 4.77. The van der Waals surface area contributed by atoms with Crippen LogP contribution in [0.15, 0.2) is 48.0 Å². The first-order chi connectivity index (χ1) is 11.6. The molecule has 0 radical (unpaired) electrons. The first-order valence-corrected chi connectivity index (χ1v) is 7.02. The average Bonchev–Trinajstić information content (AvgIpc) is 2.65. The normalized spacial score (nSPS) is 10.4. The van der Waals surface area contributed by atoms with Gasteiger partial charge in [-0.15, -0.1) is 0 Å². The maximum Gasteiger partial charge on any atom is 0.207 e. The topological polar surface area (TPSA) is 83.1 Å². The van der Waals surface area contributed by atoms with E-state index in [1.807, 2.05) is 12.1 Å². The molecule has 0 aliphatic heterocycles. The predicted molar refractivity (Wildman–Crippen MR) is 88.6 cm³/mol. The van der Waals surface area contributed by atoms with E-state index in [9.17, 15) is 10.1 Å². The van der Waals surface area contributed by atoms with Crippen LogP contribution in [0.1, 0.15) is 21.5 Å². The molecule has 0 bridgehead atoms. The molecule has 2 rings (SSSR count). The van der Waals surface area contributed by atoms with E-state index < -0.39 is 5.78 Å². The lowest BCUT2D eigenvalue weighted by Gasteiger charge is -2.07. The number of hydrogen-bond donors (Lipinski definition) is 0. The van der Waals surface area contributed by atoms with Crippen LogP contribution >= 0.6 is 0 Å². The highest BCUT2D eigenvalue weighted by atomic mass is 16.5. The lowest BCUT2D eigenvalue weighted by molar-refractivity contribution is 0.103. The summed E-state index contributed by atoms with van der Waals surface area (Å²) in [5, 5.41) is 18.5. The van der Waals surface area contributed by atoms with E-state index in [-0.39, 0.29) is 5.57 Å². The molecule has 0 saturated heterocycles. The molecule has 0 N–H and O–H groups in total. The van der Waals surface area contributed by atoms with Crippen molar-refractivity contribution >= 4 is 11.9 Å². The van der Waals surface area contributed by atoms with Gasteiger partial charge < -0.3 is 9.47 Å². The molecular formula is C19H14N2O3. The number of hydrogen-bond acceptors (Lipinski definition) is 5.